The van der Waals surface area contributed by atoms with Gasteiger partial charge in [0.2, 0.25) is 5.91 Å². The molecule has 3 saturated heterocycles. The predicted octanol–water partition coefficient (Wildman–Crippen LogP) is 4.02. The number of nitrogens with zero attached hydrogens (tertiary/aromatic N) is 8. The number of halogens is 2. The van der Waals surface area contributed by atoms with Crippen LogP contribution in [0.25, 0.3) is 5.69 Å². The summed E-state index contributed by atoms with van der Waals surface area (Å²) in [4.78, 5) is 48.2. The monoisotopic (exact) mass is 761 g/mol. The molecule has 2 aromatic heterocycles. The second kappa shape index (κ2) is 15.4. The van der Waals surface area contributed by atoms with Crippen molar-refractivity contribution in [2.45, 2.75) is 42.9 Å². The normalized spacial score (nSPS) is 21.8. The molecular formula is C37H41Cl2N9O5. The van der Waals surface area contributed by atoms with E-state index >= 15 is 0 Å². The number of aromatic nitrogens is 5. The number of rotatable bonds is 11. The fourth-order valence-corrected chi connectivity index (χ4v) is 8.37. The fraction of sp³-hybridized carbons (Fsp3) is 0.432. The van der Waals surface area contributed by atoms with Crippen molar-refractivity contribution in [3.63, 3.8) is 0 Å². The Balaban J connectivity index is 1.08. The van der Waals surface area contributed by atoms with Crippen molar-refractivity contribution >= 4 is 41.0 Å². The van der Waals surface area contributed by atoms with Gasteiger partial charge in [-0.1, -0.05) is 29.3 Å². The average Bonchev–Trinajstić information content (AvgIpc) is 3.98. The molecule has 278 valence electrons. The van der Waals surface area contributed by atoms with Crippen molar-refractivity contribution in [3.05, 3.63) is 94.0 Å². The SMILES string of the molecule is COc1ccc(-n2cnnn2)cc1C(=O)N1CCC(CCN2CCC(C(=O)NN3CCC(C(=O)O)C3)(c3ccncc3)CC2)(c2ccc(Cl)c(Cl)c2)C1. The maximum absolute atomic E-state index is 14.2. The zero-order valence-electron chi connectivity index (χ0n) is 29.3. The highest BCUT2D eigenvalue weighted by Crippen LogP contribution is 2.42. The van der Waals surface area contributed by atoms with Crippen molar-refractivity contribution < 1.29 is 24.2 Å². The zero-order chi connectivity index (χ0) is 37.2. The fourth-order valence-electron chi connectivity index (χ4n) is 8.07. The molecule has 0 bridgehead atoms. The molecule has 7 rings (SSSR count). The third kappa shape index (κ3) is 7.45. The number of hydrogen-bond acceptors (Lipinski definition) is 10. The molecule has 53 heavy (non-hydrogen) atoms. The summed E-state index contributed by atoms with van der Waals surface area (Å²) < 4.78 is 7.10. The van der Waals surface area contributed by atoms with E-state index in [1.807, 2.05) is 35.2 Å². The molecule has 2 atom stereocenters. The van der Waals surface area contributed by atoms with Gasteiger partial charge in [-0.15, -0.1) is 5.10 Å². The van der Waals surface area contributed by atoms with Gasteiger partial charge in [-0.2, -0.15) is 0 Å². The molecule has 0 aliphatic carbocycles. The number of carbonyl (C=O) groups excluding carboxylic acids is 2. The summed E-state index contributed by atoms with van der Waals surface area (Å²) in [6, 6.07) is 14.8. The van der Waals surface area contributed by atoms with Crippen LogP contribution >= 0.6 is 23.2 Å². The standard InChI is InChI=1S/C37H41Cl2N9O5/c1-53-32-5-3-28(48-24-41-43-44-48)21-29(32)33(49)46-19-10-36(23-46,27-2-4-30(38)31(39)20-27)9-16-45-17-11-37(12-18-45,26-6-13-40-14-7-26)35(52)42-47-15-8-25(22-47)34(50)51/h2-7,13-14,20-21,24-25H,8-12,15-19,22-23H2,1H3,(H,42,52)(H,50,51). The molecule has 0 saturated carbocycles. The lowest BCUT2D eigenvalue weighted by molar-refractivity contribution is -0.142. The summed E-state index contributed by atoms with van der Waals surface area (Å²) in [6.45, 7) is 3.86. The highest BCUT2D eigenvalue weighted by atomic mass is 35.5. The number of ether oxygens (including phenoxy) is 1. The number of methoxy groups -OCH3 is 1. The number of aliphatic carboxylic acids is 1. The highest BCUT2D eigenvalue weighted by molar-refractivity contribution is 6.42. The van der Waals surface area contributed by atoms with Gasteiger partial charge in [0, 0.05) is 44.0 Å². The summed E-state index contributed by atoms with van der Waals surface area (Å²) in [7, 11) is 1.54. The Labute approximate surface area is 317 Å². The number of amides is 2. The van der Waals surface area contributed by atoms with E-state index in [4.69, 9.17) is 27.9 Å². The first-order chi connectivity index (χ1) is 25.6. The van der Waals surface area contributed by atoms with Crippen LogP contribution in [0.3, 0.4) is 0 Å². The molecule has 3 aliphatic rings. The van der Waals surface area contributed by atoms with Crippen molar-refractivity contribution in [1.29, 1.82) is 0 Å². The lowest BCUT2D eigenvalue weighted by Gasteiger charge is -2.42. The molecule has 0 radical (unpaired) electrons. The summed E-state index contributed by atoms with van der Waals surface area (Å²) in [5.74, 6) is -1.16. The van der Waals surface area contributed by atoms with Gasteiger partial charge >= 0.3 is 5.97 Å². The second-order valence-corrected chi connectivity index (χ2v) is 15.0. The van der Waals surface area contributed by atoms with Gasteiger partial charge in [-0.3, -0.25) is 24.8 Å². The predicted molar refractivity (Wildman–Crippen MR) is 196 cm³/mol. The van der Waals surface area contributed by atoms with Crippen molar-refractivity contribution in [2.75, 3.05) is 52.9 Å². The van der Waals surface area contributed by atoms with Crippen molar-refractivity contribution in [1.82, 2.24) is 45.4 Å². The molecule has 3 fully saturated rings. The number of hydrazine groups is 1. The Morgan fingerprint density at radius 3 is 2.43 bits per heavy atom. The van der Waals surface area contributed by atoms with E-state index in [-0.39, 0.29) is 18.4 Å². The number of carboxylic acids is 1. The number of tetrazole rings is 1. The number of nitrogens with one attached hydrogen (secondary N) is 1. The largest absolute Gasteiger partial charge is 0.496 e. The first-order valence-electron chi connectivity index (χ1n) is 17.7. The summed E-state index contributed by atoms with van der Waals surface area (Å²) in [6.07, 6.45) is 8.01. The van der Waals surface area contributed by atoms with Crippen molar-refractivity contribution in [2.24, 2.45) is 5.92 Å². The van der Waals surface area contributed by atoms with Gasteiger partial charge in [0.1, 0.15) is 12.1 Å². The molecule has 16 heteroatoms. The van der Waals surface area contributed by atoms with E-state index in [2.05, 4.69) is 30.8 Å². The Hall–Kier alpha value is -4.63. The van der Waals surface area contributed by atoms with Gasteiger partial charge in [-0.05, 0) is 116 Å². The topological polar surface area (TPSA) is 159 Å². The molecule has 2 N–H and O–H groups in total. The van der Waals surface area contributed by atoms with Gasteiger partial charge in [0.25, 0.3) is 5.91 Å². The summed E-state index contributed by atoms with van der Waals surface area (Å²) in [5, 5.41) is 23.6. The maximum atomic E-state index is 14.2. The van der Waals surface area contributed by atoms with Crippen LogP contribution in [0, 0.1) is 5.92 Å². The van der Waals surface area contributed by atoms with Crippen molar-refractivity contribution in [3.8, 4) is 11.4 Å². The van der Waals surface area contributed by atoms with Crippen LogP contribution in [0.4, 0.5) is 0 Å². The van der Waals surface area contributed by atoms with Gasteiger partial charge in [-0.25, -0.2) is 9.69 Å². The van der Waals surface area contributed by atoms with E-state index in [0.29, 0.717) is 79.0 Å². The lowest BCUT2D eigenvalue weighted by atomic mass is 9.72. The number of carbonyl (C=O) groups is 3. The van der Waals surface area contributed by atoms with E-state index in [0.717, 1.165) is 30.5 Å². The minimum atomic E-state index is -0.845. The van der Waals surface area contributed by atoms with Gasteiger partial charge in [0.15, 0.2) is 0 Å². The van der Waals surface area contributed by atoms with Crippen LogP contribution in [-0.4, -0.2) is 116 Å². The van der Waals surface area contributed by atoms with E-state index in [1.54, 1.807) is 42.7 Å². The second-order valence-electron chi connectivity index (χ2n) is 14.1. The van der Waals surface area contributed by atoms with Crippen LogP contribution in [0.2, 0.25) is 10.0 Å². The van der Waals surface area contributed by atoms with Gasteiger partial charge < -0.3 is 19.6 Å². The number of benzene rings is 2. The first-order valence-corrected chi connectivity index (χ1v) is 18.4. The van der Waals surface area contributed by atoms with E-state index < -0.39 is 22.7 Å². The highest BCUT2D eigenvalue weighted by Gasteiger charge is 2.46. The molecule has 2 amide bonds. The Kier molecular flexibility index (Phi) is 10.7. The zero-order valence-corrected chi connectivity index (χ0v) is 30.8. The van der Waals surface area contributed by atoms with Gasteiger partial charge in [0.05, 0.1) is 39.7 Å². The van der Waals surface area contributed by atoms with Crippen LogP contribution in [0.5, 0.6) is 5.75 Å². The minimum Gasteiger partial charge on any atom is -0.496 e. The minimum absolute atomic E-state index is 0.119. The van der Waals surface area contributed by atoms with E-state index in [9.17, 15) is 19.5 Å². The first kappa shape index (κ1) is 36.7. The lowest BCUT2D eigenvalue weighted by Crippen LogP contribution is -2.55. The molecule has 5 heterocycles. The smallest absolute Gasteiger partial charge is 0.307 e. The van der Waals surface area contributed by atoms with E-state index in [1.165, 1.54) is 11.0 Å². The quantitative estimate of drug-likeness (QED) is 0.228. The molecule has 14 nitrogen and oxygen atoms in total. The summed E-state index contributed by atoms with van der Waals surface area (Å²) in [5.41, 5.74) is 4.85. The third-order valence-corrected chi connectivity index (χ3v) is 12.0. The molecule has 2 aromatic carbocycles. The third-order valence-electron chi connectivity index (χ3n) is 11.3. The number of likely N-dealkylation sites (tertiary alicyclic amines) is 2. The molecule has 0 spiro atoms. The number of pyridine rings is 1. The van der Waals surface area contributed by atoms with Crippen LogP contribution < -0.4 is 10.2 Å². The molecule has 4 aromatic rings. The molecule has 2 unspecified atom stereocenters. The molecule has 3 aliphatic heterocycles. The Bertz CT molecular complexity index is 1960. The van der Waals surface area contributed by atoms with Crippen LogP contribution in [-0.2, 0) is 20.4 Å². The Morgan fingerprint density at radius 2 is 1.75 bits per heavy atom. The number of carboxylic acid groups (broad SMARTS) is 1. The summed E-state index contributed by atoms with van der Waals surface area (Å²) >= 11 is 12.9. The molecular weight excluding hydrogens is 721 g/mol. The average molecular weight is 763 g/mol. The van der Waals surface area contributed by atoms with Crippen LogP contribution in [0.1, 0.15) is 53.6 Å². The van der Waals surface area contributed by atoms with Crippen LogP contribution in [0.15, 0.2) is 67.3 Å². The maximum Gasteiger partial charge on any atom is 0.307 e. The Morgan fingerprint density at radius 1 is 0.962 bits per heavy atom. The number of hydrogen-bond donors (Lipinski definition) is 2. The number of piperidine rings is 1.